The van der Waals surface area contributed by atoms with Gasteiger partial charge in [-0.3, -0.25) is 4.79 Å². The Balaban J connectivity index is 1.78. The molecule has 2 aromatic carbocycles. The van der Waals surface area contributed by atoms with Crippen LogP contribution < -0.4 is 15.0 Å². The molecule has 1 aliphatic rings. The third-order valence-electron chi connectivity index (χ3n) is 4.32. The molecule has 1 saturated heterocycles. The standard InChI is InChI=1S/C19H21BrN2O2/c1-13-11-14(5-8-18(13)22-9-3-4-10-22)21-19(23)16-12-15(24-2)6-7-17(16)20/h5-8,11-12H,3-4,9-10H2,1-2H3,(H,21,23). The molecule has 0 atom stereocenters. The molecule has 1 N–H and O–H groups in total. The van der Waals surface area contributed by atoms with Crippen LogP contribution >= 0.6 is 15.9 Å². The Morgan fingerprint density at radius 3 is 2.58 bits per heavy atom. The molecule has 0 unspecified atom stereocenters. The van der Waals surface area contributed by atoms with Gasteiger partial charge in [0.15, 0.2) is 0 Å². The van der Waals surface area contributed by atoms with E-state index in [4.69, 9.17) is 4.74 Å². The van der Waals surface area contributed by atoms with Gasteiger partial charge < -0.3 is 15.0 Å². The minimum atomic E-state index is -0.158. The Kier molecular flexibility index (Phi) is 5.09. The fourth-order valence-corrected chi connectivity index (χ4v) is 3.48. The molecule has 0 saturated carbocycles. The summed E-state index contributed by atoms with van der Waals surface area (Å²) in [6, 6.07) is 11.4. The van der Waals surface area contributed by atoms with E-state index in [1.807, 2.05) is 24.3 Å². The van der Waals surface area contributed by atoms with E-state index in [9.17, 15) is 4.79 Å². The molecule has 0 spiro atoms. The van der Waals surface area contributed by atoms with Gasteiger partial charge in [-0.05, 0) is 77.7 Å². The Labute approximate surface area is 150 Å². The number of carbonyl (C=O) groups excluding carboxylic acids is 1. The number of rotatable bonds is 4. The minimum Gasteiger partial charge on any atom is -0.497 e. The molecule has 1 fully saturated rings. The van der Waals surface area contributed by atoms with E-state index >= 15 is 0 Å². The summed E-state index contributed by atoms with van der Waals surface area (Å²) in [7, 11) is 1.59. The molecular weight excluding hydrogens is 368 g/mol. The van der Waals surface area contributed by atoms with Gasteiger partial charge in [0.2, 0.25) is 0 Å². The van der Waals surface area contributed by atoms with Gasteiger partial charge in [0.25, 0.3) is 5.91 Å². The van der Waals surface area contributed by atoms with Crippen molar-refractivity contribution in [3.63, 3.8) is 0 Å². The summed E-state index contributed by atoms with van der Waals surface area (Å²) in [5.41, 5.74) is 3.79. The lowest BCUT2D eigenvalue weighted by molar-refractivity contribution is 0.102. The van der Waals surface area contributed by atoms with Crippen LogP contribution in [0, 0.1) is 6.92 Å². The first kappa shape index (κ1) is 16.8. The van der Waals surface area contributed by atoms with Gasteiger partial charge in [-0.15, -0.1) is 0 Å². The number of methoxy groups -OCH3 is 1. The van der Waals surface area contributed by atoms with Gasteiger partial charge in [0.1, 0.15) is 5.75 Å². The molecule has 24 heavy (non-hydrogen) atoms. The minimum absolute atomic E-state index is 0.158. The fraction of sp³-hybridized carbons (Fsp3) is 0.316. The molecule has 0 bridgehead atoms. The Morgan fingerprint density at radius 1 is 1.17 bits per heavy atom. The predicted molar refractivity (Wildman–Crippen MR) is 101 cm³/mol. The summed E-state index contributed by atoms with van der Waals surface area (Å²) in [5.74, 6) is 0.498. The fourth-order valence-electron chi connectivity index (χ4n) is 3.05. The molecule has 0 aliphatic carbocycles. The van der Waals surface area contributed by atoms with Crippen LogP contribution in [-0.2, 0) is 0 Å². The number of hydrogen-bond acceptors (Lipinski definition) is 3. The van der Waals surface area contributed by atoms with E-state index in [2.05, 4.69) is 39.1 Å². The number of nitrogens with zero attached hydrogens (tertiary/aromatic N) is 1. The van der Waals surface area contributed by atoms with Crippen molar-refractivity contribution in [2.45, 2.75) is 19.8 Å². The van der Waals surface area contributed by atoms with Gasteiger partial charge in [-0.1, -0.05) is 0 Å². The van der Waals surface area contributed by atoms with Crippen molar-refractivity contribution in [3.05, 3.63) is 52.0 Å². The molecule has 0 radical (unpaired) electrons. The van der Waals surface area contributed by atoms with Crippen LogP contribution in [0.5, 0.6) is 5.75 Å². The first-order valence-corrected chi connectivity index (χ1v) is 8.88. The van der Waals surface area contributed by atoms with Crippen molar-refractivity contribution >= 4 is 33.2 Å². The molecule has 4 nitrogen and oxygen atoms in total. The maximum Gasteiger partial charge on any atom is 0.256 e. The summed E-state index contributed by atoms with van der Waals surface area (Å²) in [6.45, 7) is 4.32. The molecule has 126 valence electrons. The summed E-state index contributed by atoms with van der Waals surface area (Å²) in [4.78, 5) is 15.0. The molecule has 3 rings (SSSR count). The zero-order valence-electron chi connectivity index (χ0n) is 13.9. The topological polar surface area (TPSA) is 41.6 Å². The van der Waals surface area contributed by atoms with Crippen LogP contribution in [0.25, 0.3) is 0 Å². The molecule has 1 amide bonds. The predicted octanol–water partition coefficient (Wildman–Crippen LogP) is 4.62. The van der Waals surface area contributed by atoms with Crippen molar-refractivity contribution in [3.8, 4) is 5.75 Å². The van der Waals surface area contributed by atoms with Crippen molar-refractivity contribution in [1.29, 1.82) is 0 Å². The molecule has 1 aliphatic heterocycles. The number of ether oxygens (including phenoxy) is 1. The van der Waals surface area contributed by atoms with E-state index in [1.54, 1.807) is 13.2 Å². The molecule has 2 aromatic rings. The second-order valence-electron chi connectivity index (χ2n) is 6.00. The highest BCUT2D eigenvalue weighted by atomic mass is 79.9. The number of halogens is 1. The maximum absolute atomic E-state index is 12.5. The molecule has 0 aromatic heterocycles. The van der Waals surface area contributed by atoms with E-state index < -0.39 is 0 Å². The summed E-state index contributed by atoms with van der Waals surface area (Å²) >= 11 is 3.42. The number of benzene rings is 2. The summed E-state index contributed by atoms with van der Waals surface area (Å²) in [6.07, 6.45) is 2.50. The first-order valence-electron chi connectivity index (χ1n) is 8.09. The third kappa shape index (κ3) is 3.56. The number of carbonyl (C=O) groups is 1. The quantitative estimate of drug-likeness (QED) is 0.830. The van der Waals surface area contributed by atoms with E-state index in [0.717, 1.165) is 23.2 Å². The monoisotopic (exact) mass is 388 g/mol. The Bertz CT molecular complexity index is 755. The largest absolute Gasteiger partial charge is 0.497 e. The van der Waals surface area contributed by atoms with Crippen molar-refractivity contribution < 1.29 is 9.53 Å². The highest BCUT2D eigenvalue weighted by molar-refractivity contribution is 9.10. The van der Waals surface area contributed by atoms with Crippen LogP contribution in [0.1, 0.15) is 28.8 Å². The summed E-state index contributed by atoms with van der Waals surface area (Å²) < 4.78 is 5.94. The van der Waals surface area contributed by atoms with Crippen LogP contribution in [-0.4, -0.2) is 26.1 Å². The van der Waals surface area contributed by atoms with Crippen molar-refractivity contribution in [1.82, 2.24) is 0 Å². The first-order chi connectivity index (χ1) is 11.6. The van der Waals surface area contributed by atoms with Gasteiger partial charge >= 0.3 is 0 Å². The van der Waals surface area contributed by atoms with Gasteiger partial charge in [-0.25, -0.2) is 0 Å². The van der Waals surface area contributed by atoms with Crippen LogP contribution in [0.3, 0.4) is 0 Å². The zero-order valence-corrected chi connectivity index (χ0v) is 15.5. The van der Waals surface area contributed by atoms with Gasteiger partial charge in [-0.2, -0.15) is 0 Å². The second-order valence-corrected chi connectivity index (χ2v) is 6.85. The van der Waals surface area contributed by atoms with Gasteiger partial charge in [0, 0.05) is 28.9 Å². The summed E-state index contributed by atoms with van der Waals surface area (Å²) in [5, 5.41) is 2.97. The lowest BCUT2D eigenvalue weighted by Crippen LogP contribution is -2.19. The number of nitrogens with one attached hydrogen (secondary N) is 1. The zero-order chi connectivity index (χ0) is 17.1. The van der Waals surface area contributed by atoms with Crippen molar-refractivity contribution in [2.75, 3.05) is 30.4 Å². The van der Waals surface area contributed by atoms with Crippen LogP contribution in [0.2, 0.25) is 0 Å². The normalized spacial score (nSPS) is 13.9. The van der Waals surface area contributed by atoms with Crippen LogP contribution in [0.15, 0.2) is 40.9 Å². The highest BCUT2D eigenvalue weighted by Crippen LogP contribution is 2.28. The Hall–Kier alpha value is -2.01. The number of anilines is 2. The Morgan fingerprint density at radius 2 is 1.92 bits per heavy atom. The van der Waals surface area contributed by atoms with E-state index in [1.165, 1.54) is 24.1 Å². The molecule has 5 heteroatoms. The average molecular weight is 389 g/mol. The second kappa shape index (κ2) is 7.26. The SMILES string of the molecule is COc1ccc(Br)c(C(=O)Nc2ccc(N3CCCC3)c(C)c2)c1. The third-order valence-corrected chi connectivity index (χ3v) is 5.01. The molecular formula is C19H21BrN2O2. The highest BCUT2D eigenvalue weighted by Gasteiger charge is 2.16. The lowest BCUT2D eigenvalue weighted by atomic mass is 10.1. The number of amides is 1. The van der Waals surface area contributed by atoms with E-state index in [-0.39, 0.29) is 5.91 Å². The average Bonchev–Trinajstić information content (AvgIpc) is 3.09. The number of hydrogen-bond donors (Lipinski definition) is 1. The smallest absolute Gasteiger partial charge is 0.256 e. The van der Waals surface area contributed by atoms with Crippen LogP contribution in [0.4, 0.5) is 11.4 Å². The van der Waals surface area contributed by atoms with E-state index in [0.29, 0.717) is 11.3 Å². The van der Waals surface area contributed by atoms with Gasteiger partial charge in [0.05, 0.1) is 12.7 Å². The maximum atomic E-state index is 12.5. The van der Waals surface area contributed by atoms with Crippen molar-refractivity contribution in [2.24, 2.45) is 0 Å². The number of aryl methyl sites for hydroxylation is 1. The lowest BCUT2D eigenvalue weighted by Gasteiger charge is -2.20. The molecule has 1 heterocycles.